The second-order valence-electron chi connectivity index (χ2n) is 5.71. The van der Waals surface area contributed by atoms with Gasteiger partial charge in [-0.2, -0.15) is 0 Å². The standard InChI is InChI=1S/C17H21N3O2/c1-12(21)14-9-15(18-10-14)17(22)19-16(11-20(2)3)13-7-5-4-6-8-13/h4-10,16,18H,11H2,1-3H3,(H,19,22)/p+1/t16-/m1/s1. The van der Waals surface area contributed by atoms with Crippen molar-refractivity contribution >= 4 is 11.7 Å². The molecule has 1 aromatic heterocycles. The summed E-state index contributed by atoms with van der Waals surface area (Å²) < 4.78 is 0. The van der Waals surface area contributed by atoms with E-state index in [4.69, 9.17) is 0 Å². The molecular formula is C17H22N3O2+. The Morgan fingerprint density at radius 1 is 1.23 bits per heavy atom. The zero-order valence-corrected chi connectivity index (χ0v) is 13.1. The van der Waals surface area contributed by atoms with Gasteiger partial charge in [0.1, 0.15) is 18.3 Å². The third-order valence-corrected chi connectivity index (χ3v) is 3.45. The number of Topliss-reactive ketones (excluding diaryl/α,β-unsaturated/α-hetero) is 1. The number of ketones is 1. The molecule has 1 atom stereocenters. The molecule has 3 N–H and O–H groups in total. The fourth-order valence-corrected chi connectivity index (χ4v) is 2.31. The smallest absolute Gasteiger partial charge is 0.268 e. The number of hydrogen-bond donors (Lipinski definition) is 3. The number of aromatic nitrogens is 1. The van der Waals surface area contributed by atoms with E-state index in [1.807, 2.05) is 44.4 Å². The molecule has 0 saturated carbocycles. The summed E-state index contributed by atoms with van der Waals surface area (Å²) in [6.45, 7) is 2.25. The summed E-state index contributed by atoms with van der Waals surface area (Å²) in [5, 5.41) is 3.03. The van der Waals surface area contributed by atoms with Gasteiger partial charge in [-0.05, 0) is 18.6 Å². The Morgan fingerprint density at radius 2 is 1.91 bits per heavy atom. The summed E-state index contributed by atoms with van der Waals surface area (Å²) in [5.74, 6) is -0.268. The Kier molecular flexibility index (Phi) is 5.12. The molecule has 0 saturated heterocycles. The SMILES string of the molecule is CC(=O)c1c[nH]c(C(=O)N[C@H](C[NH+](C)C)c2ccccc2)c1. The summed E-state index contributed by atoms with van der Waals surface area (Å²) >= 11 is 0. The number of amides is 1. The Labute approximate surface area is 130 Å². The first-order valence-electron chi connectivity index (χ1n) is 7.31. The van der Waals surface area contributed by atoms with Crippen molar-refractivity contribution in [3.05, 3.63) is 59.4 Å². The van der Waals surface area contributed by atoms with Crippen LogP contribution in [0.2, 0.25) is 0 Å². The predicted octanol–water partition coefficient (Wildman–Crippen LogP) is 0.833. The zero-order chi connectivity index (χ0) is 16.1. The second-order valence-corrected chi connectivity index (χ2v) is 5.71. The third kappa shape index (κ3) is 4.05. The molecule has 2 aromatic rings. The van der Waals surface area contributed by atoms with E-state index in [1.54, 1.807) is 12.3 Å². The van der Waals surface area contributed by atoms with Gasteiger partial charge in [0.15, 0.2) is 5.78 Å². The maximum absolute atomic E-state index is 12.4. The van der Waals surface area contributed by atoms with Gasteiger partial charge in [-0.3, -0.25) is 9.59 Å². The number of quaternary nitrogens is 1. The topological polar surface area (TPSA) is 66.4 Å². The Bertz CT molecular complexity index is 647. The summed E-state index contributed by atoms with van der Waals surface area (Å²) in [5.41, 5.74) is 1.98. The minimum absolute atomic E-state index is 0.0624. The molecule has 0 aliphatic heterocycles. The Hall–Kier alpha value is -2.40. The van der Waals surface area contributed by atoms with Crippen LogP contribution in [0, 0.1) is 0 Å². The van der Waals surface area contributed by atoms with Crippen LogP contribution in [0.1, 0.15) is 39.4 Å². The number of rotatable bonds is 6. The molecule has 0 aliphatic carbocycles. The van der Waals surface area contributed by atoms with Gasteiger partial charge >= 0.3 is 0 Å². The molecule has 5 nitrogen and oxygen atoms in total. The van der Waals surface area contributed by atoms with Crippen LogP contribution < -0.4 is 10.2 Å². The van der Waals surface area contributed by atoms with Gasteiger partial charge in [0.2, 0.25) is 0 Å². The van der Waals surface area contributed by atoms with E-state index in [0.717, 1.165) is 12.1 Å². The quantitative estimate of drug-likeness (QED) is 0.692. The summed E-state index contributed by atoms with van der Waals surface area (Å²) in [6.07, 6.45) is 1.56. The van der Waals surface area contributed by atoms with Crippen molar-refractivity contribution in [2.75, 3.05) is 20.6 Å². The van der Waals surface area contributed by atoms with Crippen LogP contribution in [-0.2, 0) is 0 Å². The van der Waals surface area contributed by atoms with Gasteiger partial charge in [0, 0.05) is 11.8 Å². The molecule has 1 heterocycles. The number of benzene rings is 1. The van der Waals surface area contributed by atoms with Crippen LogP contribution in [0.5, 0.6) is 0 Å². The lowest BCUT2D eigenvalue weighted by molar-refractivity contribution is -0.860. The molecule has 0 bridgehead atoms. The van der Waals surface area contributed by atoms with Crippen molar-refractivity contribution < 1.29 is 14.5 Å². The molecule has 2 rings (SSSR count). The first kappa shape index (κ1) is 16.0. The van der Waals surface area contributed by atoms with E-state index >= 15 is 0 Å². The average molecular weight is 300 g/mol. The Balaban J connectivity index is 2.15. The van der Waals surface area contributed by atoms with Crippen LogP contribution in [0.3, 0.4) is 0 Å². The minimum atomic E-state index is -0.206. The number of hydrogen-bond acceptors (Lipinski definition) is 2. The van der Waals surface area contributed by atoms with Crippen LogP contribution >= 0.6 is 0 Å². The molecule has 22 heavy (non-hydrogen) atoms. The van der Waals surface area contributed by atoms with Crippen molar-refractivity contribution in [3.63, 3.8) is 0 Å². The van der Waals surface area contributed by atoms with E-state index < -0.39 is 0 Å². The average Bonchev–Trinajstić information content (AvgIpc) is 2.97. The highest BCUT2D eigenvalue weighted by Gasteiger charge is 2.19. The van der Waals surface area contributed by atoms with Crippen molar-refractivity contribution in [1.82, 2.24) is 10.3 Å². The maximum atomic E-state index is 12.4. The molecule has 1 amide bonds. The van der Waals surface area contributed by atoms with Crippen molar-refractivity contribution in [2.45, 2.75) is 13.0 Å². The lowest BCUT2D eigenvalue weighted by Gasteiger charge is -2.20. The number of aromatic amines is 1. The molecule has 0 spiro atoms. The van der Waals surface area contributed by atoms with Gasteiger partial charge in [0.05, 0.1) is 14.1 Å². The van der Waals surface area contributed by atoms with E-state index in [-0.39, 0.29) is 17.7 Å². The highest BCUT2D eigenvalue weighted by molar-refractivity contribution is 5.99. The number of carbonyl (C=O) groups excluding carboxylic acids is 2. The van der Waals surface area contributed by atoms with Gasteiger partial charge < -0.3 is 15.2 Å². The summed E-state index contributed by atoms with van der Waals surface area (Å²) in [7, 11) is 4.09. The van der Waals surface area contributed by atoms with Gasteiger partial charge in [-0.15, -0.1) is 0 Å². The van der Waals surface area contributed by atoms with Crippen LogP contribution in [-0.4, -0.2) is 37.3 Å². The normalized spacial score (nSPS) is 12.2. The molecule has 1 aromatic carbocycles. The first-order valence-corrected chi connectivity index (χ1v) is 7.31. The van der Waals surface area contributed by atoms with Crippen LogP contribution in [0.4, 0.5) is 0 Å². The summed E-state index contributed by atoms with van der Waals surface area (Å²) in [4.78, 5) is 27.8. The fourth-order valence-electron chi connectivity index (χ4n) is 2.31. The molecule has 5 heteroatoms. The Morgan fingerprint density at radius 3 is 2.45 bits per heavy atom. The third-order valence-electron chi connectivity index (χ3n) is 3.45. The zero-order valence-electron chi connectivity index (χ0n) is 13.1. The van der Waals surface area contributed by atoms with Crippen LogP contribution in [0.15, 0.2) is 42.6 Å². The monoisotopic (exact) mass is 300 g/mol. The molecule has 0 fully saturated rings. The predicted molar refractivity (Wildman–Crippen MR) is 85.1 cm³/mol. The summed E-state index contributed by atoms with van der Waals surface area (Å²) in [6, 6.07) is 11.4. The highest BCUT2D eigenvalue weighted by Crippen LogP contribution is 2.12. The van der Waals surface area contributed by atoms with Crippen molar-refractivity contribution in [1.29, 1.82) is 0 Å². The molecular weight excluding hydrogens is 278 g/mol. The number of carbonyl (C=O) groups is 2. The first-order chi connectivity index (χ1) is 10.5. The number of likely N-dealkylation sites (N-methyl/N-ethyl adjacent to an activating group) is 1. The van der Waals surface area contributed by atoms with E-state index in [9.17, 15) is 9.59 Å². The van der Waals surface area contributed by atoms with Crippen molar-refractivity contribution in [3.8, 4) is 0 Å². The van der Waals surface area contributed by atoms with Crippen LogP contribution in [0.25, 0.3) is 0 Å². The number of H-pyrrole nitrogens is 1. The van der Waals surface area contributed by atoms with E-state index in [0.29, 0.717) is 11.3 Å². The largest absolute Gasteiger partial charge is 0.356 e. The highest BCUT2D eigenvalue weighted by atomic mass is 16.2. The maximum Gasteiger partial charge on any atom is 0.268 e. The lowest BCUT2D eigenvalue weighted by Crippen LogP contribution is -3.06. The molecule has 116 valence electrons. The minimum Gasteiger partial charge on any atom is -0.356 e. The lowest BCUT2D eigenvalue weighted by atomic mass is 10.1. The van der Waals surface area contributed by atoms with Gasteiger partial charge in [0.25, 0.3) is 5.91 Å². The second kappa shape index (κ2) is 7.04. The van der Waals surface area contributed by atoms with Gasteiger partial charge in [-0.1, -0.05) is 30.3 Å². The van der Waals surface area contributed by atoms with E-state index in [2.05, 4.69) is 10.3 Å². The van der Waals surface area contributed by atoms with Gasteiger partial charge in [-0.25, -0.2) is 0 Å². The fraction of sp³-hybridized carbons (Fsp3) is 0.294. The van der Waals surface area contributed by atoms with E-state index in [1.165, 1.54) is 11.8 Å². The molecule has 0 radical (unpaired) electrons. The number of nitrogens with one attached hydrogen (secondary N) is 3. The van der Waals surface area contributed by atoms with Crippen molar-refractivity contribution in [2.24, 2.45) is 0 Å². The molecule has 0 aliphatic rings. The molecule has 0 unspecified atom stereocenters.